The lowest BCUT2D eigenvalue weighted by molar-refractivity contribution is -0.139. The lowest BCUT2D eigenvalue weighted by Crippen LogP contribution is -2.27. The van der Waals surface area contributed by atoms with E-state index in [2.05, 4.69) is 4.74 Å². The predicted molar refractivity (Wildman–Crippen MR) is 76.9 cm³/mol. The van der Waals surface area contributed by atoms with Crippen molar-refractivity contribution < 1.29 is 17.9 Å². The Morgan fingerprint density at radius 2 is 1.85 bits per heavy atom. The highest BCUT2D eigenvalue weighted by molar-refractivity contribution is 7.89. The van der Waals surface area contributed by atoms with Gasteiger partial charge in [-0.2, -0.15) is 0 Å². The summed E-state index contributed by atoms with van der Waals surface area (Å²) in [7, 11) is -0.545. The molecule has 20 heavy (non-hydrogen) atoms. The molecule has 0 saturated heterocycles. The third kappa shape index (κ3) is 4.31. The van der Waals surface area contributed by atoms with Gasteiger partial charge in [-0.05, 0) is 24.1 Å². The van der Waals surface area contributed by atoms with Gasteiger partial charge in [0.2, 0.25) is 10.0 Å². The molecule has 1 aromatic rings. The Hall–Kier alpha value is -1.40. The van der Waals surface area contributed by atoms with Gasteiger partial charge in [0.1, 0.15) is 0 Å². The maximum Gasteiger partial charge on any atom is 0.309 e. The molecule has 112 valence electrons. The van der Waals surface area contributed by atoms with Gasteiger partial charge < -0.3 is 4.74 Å². The van der Waals surface area contributed by atoms with Gasteiger partial charge in [-0.25, -0.2) is 12.7 Å². The molecule has 0 N–H and O–H groups in total. The molecule has 0 amide bonds. The van der Waals surface area contributed by atoms with Gasteiger partial charge in [0.05, 0.1) is 18.4 Å². The van der Waals surface area contributed by atoms with E-state index < -0.39 is 10.0 Å². The van der Waals surface area contributed by atoms with Crippen LogP contribution in [-0.2, 0) is 26.0 Å². The molecular weight excluding hydrogens is 278 g/mol. The lowest BCUT2D eigenvalue weighted by atomic mass is 10.2. The van der Waals surface area contributed by atoms with E-state index >= 15 is 0 Å². The van der Waals surface area contributed by atoms with Gasteiger partial charge in [-0.15, -0.1) is 0 Å². The Kier molecular flexibility index (Phi) is 6.16. The van der Waals surface area contributed by atoms with Crippen molar-refractivity contribution in [3.8, 4) is 0 Å². The molecule has 0 saturated carbocycles. The van der Waals surface area contributed by atoms with Gasteiger partial charge in [-0.1, -0.05) is 25.5 Å². The highest BCUT2D eigenvalue weighted by atomic mass is 32.2. The molecule has 1 rings (SSSR count). The first-order chi connectivity index (χ1) is 9.41. The minimum atomic E-state index is -3.44. The smallest absolute Gasteiger partial charge is 0.309 e. The van der Waals surface area contributed by atoms with E-state index in [9.17, 15) is 13.2 Å². The number of benzene rings is 1. The van der Waals surface area contributed by atoms with Gasteiger partial charge in [0.15, 0.2) is 0 Å². The van der Waals surface area contributed by atoms with Crippen LogP contribution in [-0.4, -0.2) is 39.4 Å². The summed E-state index contributed by atoms with van der Waals surface area (Å²) in [5.41, 5.74) is 0.729. The van der Waals surface area contributed by atoms with Gasteiger partial charge in [-0.3, -0.25) is 4.79 Å². The molecule has 0 heterocycles. The number of carbonyl (C=O) groups excluding carboxylic acids is 1. The zero-order valence-electron chi connectivity index (χ0n) is 12.1. The topological polar surface area (TPSA) is 63.7 Å². The molecule has 6 heteroatoms. The van der Waals surface area contributed by atoms with Crippen LogP contribution in [0.15, 0.2) is 29.2 Å². The summed E-state index contributed by atoms with van der Waals surface area (Å²) in [6.45, 7) is 2.52. The number of rotatable bonds is 7. The molecular formula is C14H21NO4S. The van der Waals surface area contributed by atoms with E-state index in [4.69, 9.17) is 0 Å². The quantitative estimate of drug-likeness (QED) is 0.721. The van der Waals surface area contributed by atoms with Crippen LogP contribution in [0.3, 0.4) is 0 Å². The van der Waals surface area contributed by atoms with Crippen LogP contribution < -0.4 is 0 Å². The molecule has 0 spiro atoms. The first-order valence-electron chi connectivity index (χ1n) is 6.54. The monoisotopic (exact) mass is 299 g/mol. The van der Waals surface area contributed by atoms with E-state index in [0.717, 1.165) is 18.4 Å². The number of carbonyl (C=O) groups is 1. The Morgan fingerprint density at radius 3 is 2.35 bits per heavy atom. The highest BCUT2D eigenvalue weighted by Crippen LogP contribution is 2.16. The third-order valence-corrected chi connectivity index (χ3v) is 4.91. The molecule has 0 radical (unpaired) electrons. The van der Waals surface area contributed by atoms with Gasteiger partial charge in [0.25, 0.3) is 0 Å². The Labute approximate surface area is 120 Å². The number of esters is 1. The van der Waals surface area contributed by atoms with Crippen LogP contribution in [0.5, 0.6) is 0 Å². The molecule has 0 aliphatic rings. The number of nitrogens with zero attached hydrogens (tertiary/aromatic N) is 1. The predicted octanol–water partition coefficient (Wildman–Crippen LogP) is 1.82. The fourth-order valence-corrected chi connectivity index (χ4v) is 2.91. The van der Waals surface area contributed by atoms with Crippen molar-refractivity contribution in [2.45, 2.75) is 31.1 Å². The summed E-state index contributed by atoms with van der Waals surface area (Å²) in [5, 5.41) is 0. The Bertz CT molecular complexity index is 537. The average molecular weight is 299 g/mol. The number of unbranched alkanes of at least 4 members (excludes halogenated alkanes) is 1. The summed E-state index contributed by atoms with van der Waals surface area (Å²) in [4.78, 5) is 11.4. The standard InChI is InChI=1S/C14H21NO4S/c1-4-5-10-15(2)20(17,18)13-8-6-12(7-9-13)11-14(16)19-3/h6-9H,4-5,10-11H2,1-3H3. The van der Waals surface area contributed by atoms with Crippen molar-refractivity contribution in [3.63, 3.8) is 0 Å². The minimum Gasteiger partial charge on any atom is -0.469 e. The summed E-state index contributed by atoms with van der Waals surface area (Å²) in [5.74, 6) is -0.347. The number of hydrogen-bond donors (Lipinski definition) is 0. The summed E-state index contributed by atoms with van der Waals surface area (Å²) in [6, 6.07) is 6.32. The van der Waals surface area contributed by atoms with Crippen LogP contribution in [0.1, 0.15) is 25.3 Å². The normalized spacial score (nSPS) is 11.6. The highest BCUT2D eigenvalue weighted by Gasteiger charge is 2.19. The fraction of sp³-hybridized carbons (Fsp3) is 0.500. The lowest BCUT2D eigenvalue weighted by Gasteiger charge is -2.16. The number of hydrogen-bond acceptors (Lipinski definition) is 4. The summed E-state index contributed by atoms with van der Waals surface area (Å²) in [6.07, 6.45) is 1.91. The van der Waals surface area contributed by atoms with E-state index in [1.165, 1.54) is 23.5 Å². The van der Waals surface area contributed by atoms with Crippen molar-refractivity contribution in [1.29, 1.82) is 0 Å². The minimum absolute atomic E-state index is 0.141. The second-order valence-electron chi connectivity index (χ2n) is 4.58. The van der Waals surface area contributed by atoms with Gasteiger partial charge in [0, 0.05) is 13.6 Å². The van der Waals surface area contributed by atoms with Crippen molar-refractivity contribution in [2.75, 3.05) is 20.7 Å². The van der Waals surface area contributed by atoms with Crippen molar-refractivity contribution in [1.82, 2.24) is 4.31 Å². The van der Waals surface area contributed by atoms with E-state index in [0.29, 0.717) is 6.54 Å². The van der Waals surface area contributed by atoms with E-state index in [1.807, 2.05) is 6.92 Å². The molecule has 1 aromatic carbocycles. The summed E-state index contributed by atoms with van der Waals surface area (Å²) >= 11 is 0. The largest absolute Gasteiger partial charge is 0.469 e. The maximum absolute atomic E-state index is 12.3. The fourth-order valence-electron chi connectivity index (χ4n) is 1.70. The molecule has 0 atom stereocenters. The zero-order chi connectivity index (χ0) is 15.2. The maximum atomic E-state index is 12.3. The van der Waals surface area contributed by atoms with Crippen LogP contribution in [0.4, 0.5) is 0 Å². The number of sulfonamides is 1. The molecule has 0 aliphatic heterocycles. The van der Waals surface area contributed by atoms with Crippen molar-refractivity contribution in [3.05, 3.63) is 29.8 Å². The second-order valence-corrected chi connectivity index (χ2v) is 6.62. The Balaban J connectivity index is 2.84. The van der Waals surface area contributed by atoms with Crippen LogP contribution >= 0.6 is 0 Å². The van der Waals surface area contributed by atoms with Crippen molar-refractivity contribution >= 4 is 16.0 Å². The number of methoxy groups -OCH3 is 1. The second kappa shape index (κ2) is 7.40. The van der Waals surface area contributed by atoms with Crippen LogP contribution in [0.2, 0.25) is 0 Å². The molecule has 0 aliphatic carbocycles. The molecule has 0 aromatic heterocycles. The SMILES string of the molecule is CCCCN(C)S(=O)(=O)c1ccc(CC(=O)OC)cc1. The molecule has 0 fully saturated rings. The van der Waals surface area contributed by atoms with Crippen LogP contribution in [0, 0.1) is 0 Å². The molecule has 0 bridgehead atoms. The third-order valence-electron chi connectivity index (χ3n) is 3.03. The van der Waals surface area contributed by atoms with Crippen LogP contribution in [0.25, 0.3) is 0 Å². The average Bonchev–Trinajstić information content (AvgIpc) is 2.45. The molecule has 0 unspecified atom stereocenters. The first-order valence-corrected chi connectivity index (χ1v) is 7.98. The van der Waals surface area contributed by atoms with Crippen molar-refractivity contribution in [2.24, 2.45) is 0 Å². The molecule has 5 nitrogen and oxygen atoms in total. The summed E-state index contributed by atoms with van der Waals surface area (Å²) < 4.78 is 30.4. The first kappa shape index (κ1) is 16.7. The Morgan fingerprint density at radius 1 is 1.25 bits per heavy atom. The van der Waals surface area contributed by atoms with Gasteiger partial charge >= 0.3 is 5.97 Å². The van der Waals surface area contributed by atoms with E-state index in [1.54, 1.807) is 19.2 Å². The van der Waals surface area contributed by atoms with E-state index in [-0.39, 0.29) is 17.3 Å². The zero-order valence-corrected chi connectivity index (χ0v) is 12.9. The number of ether oxygens (including phenoxy) is 1.